The van der Waals surface area contributed by atoms with Crippen LogP contribution in [0.1, 0.15) is 15.9 Å². The number of halogens is 3. The molecule has 2 aromatic rings. The summed E-state index contributed by atoms with van der Waals surface area (Å²) in [6.07, 6.45) is 0.138. The highest BCUT2D eigenvalue weighted by Gasteiger charge is 2.14. The van der Waals surface area contributed by atoms with Gasteiger partial charge in [-0.15, -0.1) is 22.7 Å². The first kappa shape index (κ1) is 13.1. The first-order valence-electron chi connectivity index (χ1n) is 4.43. The second-order valence-corrected chi connectivity index (χ2v) is 8.28. The van der Waals surface area contributed by atoms with Gasteiger partial charge < -0.3 is 5.11 Å². The van der Waals surface area contributed by atoms with E-state index in [1.807, 2.05) is 18.2 Å². The van der Waals surface area contributed by atoms with Gasteiger partial charge in [-0.2, -0.15) is 0 Å². The van der Waals surface area contributed by atoms with Gasteiger partial charge in [0.1, 0.15) is 4.34 Å². The molecule has 6 heteroatoms. The fourth-order valence-electron chi connectivity index (χ4n) is 1.28. The third kappa shape index (κ3) is 3.09. The van der Waals surface area contributed by atoms with Gasteiger partial charge in [-0.3, -0.25) is 0 Å². The Kier molecular flexibility index (Phi) is 4.49. The van der Waals surface area contributed by atoms with Crippen LogP contribution >= 0.6 is 66.1 Å². The molecule has 1 N–H and O–H groups in total. The molecular formula is C10H7Br2ClOS2. The Labute approximate surface area is 123 Å². The minimum absolute atomic E-state index is 0.487. The molecule has 0 bridgehead atoms. The van der Waals surface area contributed by atoms with Gasteiger partial charge in [-0.05, 0) is 50.1 Å². The molecule has 0 saturated heterocycles. The van der Waals surface area contributed by atoms with E-state index in [9.17, 15) is 5.11 Å². The van der Waals surface area contributed by atoms with Gasteiger partial charge in [0.2, 0.25) is 0 Å². The van der Waals surface area contributed by atoms with Gasteiger partial charge in [-0.1, -0.05) is 11.6 Å². The molecule has 86 valence electrons. The number of thiophene rings is 2. The van der Waals surface area contributed by atoms with Crippen molar-refractivity contribution in [1.29, 1.82) is 0 Å². The normalized spacial score (nSPS) is 13.0. The fourth-order valence-corrected chi connectivity index (χ4v) is 4.52. The first-order valence-corrected chi connectivity index (χ1v) is 8.03. The number of hydrogen-bond donors (Lipinski definition) is 1. The van der Waals surface area contributed by atoms with E-state index >= 15 is 0 Å². The Balaban J connectivity index is 2.11. The van der Waals surface area contributed by atoms with E-state index in [1.54, 1.807) is 11.3 Å². The highest BCUT2D eigenvalue weighted by atomic mass is 79.9. The fraction of sp³-hybridized carbons (Fsp3) is 0.200. The third-order valence-electron chi connectivity index (χ3n) is 2.02. The number of hydrogen-bond acceptors (Lipinski definition) is 3. The zero-order chi connectivity index (χ0) is 11.7. The van der Waals surface area contributed by atoms with Crippen LogP contribution in [0.15, 0.2) is 26.5 Å². The summed E-state index contributed by atoms with van der Waals surface area (Å²) in [5.41, 5.74) is 0. The number of rotatable bonds is 3. The molecule has 0 spiro atoms. The predicted octanol–water partition coefficient (Wildman–Crippen LogP) is 5.26. The lowest BCUT2D eigenvalue weighted by molar-refractivity contribution is 0.183. The molecular weight excluding hydrogens is 396 g/mol. The van der Waals surface area contributed by atoms with E-state index in [-0.39, 0.29) is 0 Å². The molecule has 0 aromatic carbocycles. The van der Waals surface area contributed by atoms with E-state index in [0.717, 1.165) is 18.0 Å². The Morgan fingerprint density at radius 1 is 1.31 bits per heavy atom. The maximum atomic E-state index is 10.0. The number of aliphatic hydroxyl groups is 1. The Bertz CT molecular complexity index is 475. The van der Waals surface area contributed by atoms with Crippen LogP contribution in [-0.4, -0.2) is 5.11 Å². The molecule has 1 nitrogen and oxygen atoms in total. The third-order valence-corrected chi connectivity index (χ3v) is 6.24. The summed E-state index contributed by atoms with van der Waals surface area (Å²) in [5, 5.41) is 10.0. The van der Waals surface area contributed by atoms with Crippen LogP contribution in [0, 0.1) is 0 Å². The molecule has 0 radical (unpaired) electrons. The lowest BCUT2D eigenvalue weighted by atomic mass is 10.2. The van der Waals surface area contributed by atoms with Gasteiger partial charge in [-0.25, -0.2) is 0 Å². The van der Waals surface area contributed by atoms with E-state index in [2.05, 4.69) is 31.9 Å². The van der Waals surface area contributed by atoms with E-state index in [4.69, 9.17) is 11.6 Å². The van der Waals surface area contributed by atoms with Crippen molar-refractivity contribution < 1.29 is 5.11 Å². The minimum Gasteiger partial charge on any atom is -0.387 e. The van der Waals surface area contributed by atoms with Crippen LogP contribution in [0.5, 0.6) is 0 Å². The van der Waals surface area contributed by atoms with Crippen molar-refractivity contribution in [3.05, 3.63) is 40.5 Å². The molecule has 0 saturated carbocycles. The topological polar surface area (TPSA) is 20.2 Å². The quantitative estimate of drug-likeness (QED) is 0.742. The van der Waals surface area contributed by atoms with Gasteiger partial charge in [0.15, 0.2) is 0 Å². The average molecular weight is 403 g/mol. The minimum atomic E-state index is -0.487. The molecule has 1 unspecified atom stereocenters. The van der Waals surface area contributed by atoms with Gasteiger partial charge in [0.25, 0.3) is 0 Å². The van der Waals surface area contributed by atoms with Crippen LogP contribution < -0.4 is 0 Å². The smallest absolute Gasteiger partial charge is 0.107 e. The van der Waals surface area contributed by atoms with Gasteiger partial charge in [0, 0.05) is 20.6 Å². The summed E-state index contributed by atoms with van der Waals surface area (Å²) in [7, 11) is 0. The van der Waals surface area contributed by atoms with Gasteiger partial charge >= 0.3 is 0 Å². The summed E-state index contributed by atoms with van der Waals surface area (Å²) >= 11 is 15.7. The largest absolute Gasteiger partial charge is 0.387 e. The van der Waals surface area contributed by atoms with Crippen LogP contribution in [0.25, 0.3) is 0 Å². The summed E-state index contributed by atoms with van der Waals surface area (Å²) in [6.45, 7) is 0. The lowest BCUT2D eigenvalue weighted by Crippen LogP contribution is -1.97. The van der Waals surface area contributed by atoms with Crippen LogP contribution in [-0.2, 0) is 6.42 Å². The van der Waals surface area contributed by atoms with Crippen molar-refractivity contribution >= 4 is 66.1 Å². The Morgan fingerprint density at radius 3 is 2.56 bits per heavy atom. The molecule has 0 aliphatic carbocycles. The van der Waals surface area contributed by atoms with E-state index in [1.165, 1.54) is 11.3 Å². The van der Waals surface area contributed by atoms with Crippen LogP contribution in [0.2, 0.25) is 4.34 Å². The molecule has 16 heavy (non-hydrogen) atoms. The van der Waals surface area contributed by atoms with Crippen LogP contribution in [0.4, 0.5) is 0 Å². The van der Waals surface area contributed by atoms with E-state index in [0.29, 0.717) is 10.8 Å². The maximum Gasteiger partial charge on any atom is 0.107 e. The lowest BCUT2D eigenvalue weighted by Gasteiger charge is -2.05. The Hall–Kier alpha value is 0.610. The highest BCUT2D eigenvalue weighted by molar-refractivity contribution is 9.11. The summed E-state index contributed by atoms with van der Waals surface area (Å²) in [4.78, 5) is 2.04. The van der Waals surface area contributed by atoms with Gasteiger partial charge in [0.05, 0.1) is 9.89 Å². The van der Waals surface area contributed by atoms with Crippen molar-refractivity contribution in [3.63, 3.8) is 0 Å². The standard InChI is InChI=1S/C10H7Br2ClOS2/c11-6-4-8(16-10(6)13)7(14)3-5-1-2-9(12)15-5/h1-2,4,7,14H,3H2. The zero-order valence-electron chi connectivity index (χ0n) is 7.91. The van der Waals surface area contributed by atoms with Crippen molar-refractivity contribution in [2.24, 2.45) is 0 Å². The second-order valence-electron chi connectivity index (χ2n) is 3.20. The summed E-state index contributed by atoms with van der Waals surface area (Å²) in [5.74, 6) is 0. The van der Waals surface area contributed by atoms with Crippen molar-refractivity contribution in [3.8, 4) is 0 Å². The van der Waals surface area contributed by atoms with Crippen molar-refractivity contribution in [2.45, 2.75) is 12.5 Å². The molecule has 0 aliphatic heterocycles. The summed E-state index contributed by atoms with van der Waals surface area (Å²) in [6, 6.07) is 5.88. The molecule has 2 rings (SSSR count). The van der Waals surface area contributed by atoms with Crippen molar-refractivity contribution in [1.82, 2.24) is 0 Å². The maximum absolute atomic E-state index is 10.0. The predicted molar refractivity (Wildman–Crippen MR) is 77.7 cm³/mol. The monoisotopic (exact) mass is 400 g/mol. The molecule has 2 aromatic heterocycles. The highest BCUT2D eigenvalue weighted by Crippen LogP contribution is 2.37. The Morgan fingerprint density at radius 2 is 2.06 bits per heavy atom. The molecule has 1 atom stereocenters. The molecule has 2 heterocycles. The molecule has 0 aliphatic rings. The van der Waals surface area contributed by atoms with E-state index < -0.39 is 6.10 Å². The zero-order valence-corrected chi connectivity index (χ0v) is 13.5. The van der Waals surface area contributed by atoms with Crippen LogP contribution in [0.3, 0.4) is 0 Å². The molecule has 0 amide bonds. The number of aliphatic hydroxyl groups excluding tert-OH is 1. The molecule has 0 fully saturated rings. The SMILES string of the molecule is OC(Cc1ccc(Br)s1)c1cc(Br)c(Cl)s1. The van der Waals surface area contributed by atoms with Crippen molar-refractivity contribution in [2.75, 3.05) is 0 Å². The summed E-state index contributed by atoms with van der Waals surface area (Å²) < 4.78 is 2.61. The average Bonchev–Trinajstić information content (AvgIpc) is 2.75. The second kappa shape index (κ2) is 5.50. The first-order chi connectivity index (χ1) is 7.56.